The molecule has 6 heteroatoms. The first-order valence-corrected chi connectivity index (χ1v) is 9.85. The van der Waals surface area contributed by atoms with Crippen LogP contribution < -0.4 is 20.1 Å². The second-order valence-electron chi connectivity index (χ2n) is 6.59. The number of benzene rings is 3. The van der Waals surface area contributed by atoms with Gasteiger partial charge in [0.2, 0.25) is 5.91 Å². The molecule has 31 heavy (non-hydrogen) atoms. The minimum absolute atomic E-state index is 0.236. The number of anilines is 2. The van der Waals surface area contributed by atoms with Crippen molar-refractivity contribution in [2.45, 2.75) is 6.92 Å². The van der Waals surface area contributed by atoms with Gasteiger partial charge in [0.15, 0.2) is 0 Å². The summed E-state index contributed by atoms with van der Waals surface area (Å²) in [5, 5.41) is 5.60. The highest BCUT2D eigenvalue weighted by molar-refractivity contribution is 6.05. The number of hydrogen-bond donors (Lipinski definition) is 2. The lowest BCUT2D eigenvalue weighted by Crippen LogP contribution is -2.12. The maximum Gasteiger partial charge on any atom is 0.255 e. The number of rotatable bonds is 8. The van der Waals surface area contributed by atoms with Gasteiger partial charge in [0.25, 0.3) is 5.91 Å². The Kier molecular flexibility index (Phi) is 7.43. The van der Waals surface area contributed by atoms with Gasteiger partial charge in [-0.2, -0.15) is 0 Å². The SMILES string of the molecule is CCOc1ccc(NC(=O)c2ccc(NC(=O)/C=C/c3cccc(OC)c3)cc2)cc1. The summed E-state index contributed by atoms with van der Waals surface area (Å²) in [6, 6.07) is 21.3. The van der Waals surface area contributed by atoms with Crippen LogP contribution in [0.1, 0.15) is 22.8 Å². The third-order valence-corrected chi connectivity index (χ3v) is 4.36. The van der Waals surface area contributed by atoms with Gasteiger partial charge in [-0.25, -0.2) is 0 Å². The Balaban J connectivity index is 1.55. The van der Waals surface area contributed by atoms with E-state index < -0.39 is 0 Å². The van der Waals surface area contributed by atoms with E-state index in [4.69, 9.17) is 9.47 Å². The highest BCUT2D eigenvalue weighted by atomic mass is 16.5. The number of carbonyl (C=O) groups is 2. The van der Waals surface area contributed by atoms with E-state index in [1.54, 1.807) is 61.7 Å². The highest BCUT2D eigenvalue weighted by Crippen LogP contribution is 2.18. The van der Waals surface area contributed by atoms with Gasteiger partial charge in [0.1, 0.15) is 11.5 Å². The molecule has 0 aliphatic carbocycles. The molecule has 3 aromatic carbocycles. The Labute approximate surface area is 181 Å². The quantitative estimate of drug-likeness (QED) is 0.507. The Morgan fingerprint density at radius 1 is 0.871 bits per heavy atom. The summed E-state index contributed by atoms with van der Waals surface area (Å²) in [7, 11) is 1.59. The number of nitrogens with one attached hydrogen (secondary N) is 2. The Morgan fingerprint density at radius 3 is 2.23 bits per heavy atom. The molecule has 0 unspecified atom stereocenters. The van der Waals surface area contributed by atoms with Crippen molar-refractivity contribution < 1.29 is 19.1 Å². The molecule has 0 aliphatic heterocycles. The lowest BCUT2D eigenvalue weighted by atomic mass is 10.1. The van der Waals surface area contributed by atoms with Crippen LogP contribution in [0.15, 0.2) is 78.9 Å². The Morgan fingerprint density at radius 2 is 1.55 bits per heavy atom. The molecule has 0 heterocycles. The topological polar surface area (TPSA) is 76.7 Å². The van der Waals surface area contributed by atoms with Crippen LogP contribution in [0.5, 0.6) is 11.5 Å². The van der Waals surface area contributed by atoms with E-state index >= 15 is 0 Å². The van der Waals surface area contributed by atoms with Crippen molar-refractivity contribution in [3.8, 4) is 11.5 Å². The zero-order valence-electron chi connectivity index (χ0n) is 17.4. The number of ether oxygens (including phenoxy) is 2. The zero-order valence-corrected chi connectivity index (χ0v) is 17.4. The average molecular weight is 416 g/mol. The van der Waals surface area contributed by atoms with Crippen molar-refractivity contribution in [2.24, 2.45) is 0 Å². The van der Waals surface area contributed by atoms with Crippen LogP contribution >= 0.6 is 0 Å². The molecule has 0 bridgehead atoms. The predicted molar refractivity (Wildman–Crippen MR) is 123 cm³/mol. The normalized spacial score (nSPS) is 10.5. The van der Waals surface area contributed by atoms with E-state index in [1.807, 2.05) is 31.2 Å². The fourth-order valence-electron chi connectivity index (χ4n) is 2.81. The second kappa shape index (κ2) is 10.6. The molecule has 0 saturated carbocycles. The molecule has 3 aromatic rings. The van der Waals surface area contributed by atoms with E-state index in [0.717, 1.165) is 17.1 Å². The number of amides is 2. The summed E-state index contributed by atoms with van der Waals surface area (Å²) in [5.74, 6) is 0.970. The molecule has 0 aliphatic rings. The van der Waals surface area contributed by atoms with Crippen LogP contribution in [0.3, 0.4) is 0 Å². The smallest absolute Gasteiger partial charge is 0.255 e. The Hall–Kier alpha value is -4.06. The van der Waals surface area contributed by atoms with Gasteiger partial charge >= 0.3 is 0 Å². The summed E-state index contributed by atoms with van der Waals surface area (Å²) < 4.78 is 10.6. The highest BCUT2D eigenvalue weighted by Gasteiger charge is 2.07. The van der Waals surface area contributed by atoms with Crippen molar-refractivity contribution in [1.82, 2.24) is 0 Å². The molecule has 158 valence electrons. The lowest BCUT2D eigenvalue weighted by molar-refractivity contribution is -0.111. The fourth-order valence-corrected chi connectivity index (χ4v) is 2.81. The summed E-state index contributed by atoms with van der Waals surface area (Å²) in [5.41, 5.74) is 2.61. The molecular weight excluding hydrogens is 392 g/mol. The molecule has 3 rings (SSSR count). The summed E-state index contributed by atoms with van der Waals surface area (Å²) in [6.45, 7) is 2.50. The predicted octanol–water partition coefficient (Wildman–Crippen LogP) is 5.00. The zero-order chi connectivity index (χ0) is 22.1. The second-order valence-corrected chi connectivity index (χ2v) is 6.59. The van der Waals surface area contributed by atoms with Crippen molar-refractivity contribution in [2.75, 3.05) is 24.4 Å². The molecule has 0 aromatic heterocycles. The molecule has 6 nitrogen and oxygen atoms in total. The van der Waals surface area contributed by atoms with Crippen molar-refractivity contribution in [3.05, 3.63) is 90.0 Å². The molecule has 2 amide bonds. The molecule has 0 fully saturated rings. The monoisotopic (exact) mass is 416 g/mol. The van der Waals surface area contributed by atoms with Crippen LogP contribution in [-0.4, -0.2) is 25.5 Å². The molecular formula is C25H24N2O4. The van der Waals surface area contributed by atoms with Crippen LogP contribution in [-0.2, 0) is 4.79 Å². The third kappa shape index (κ3) is 6.47. The molecule has 2 N–H and O–H groups in total. The van der Waals surface area contributed by atoms with Crippen LogP contribution in [0.25, 0.3) is 6.08 Å². The minimum Gasteiger partial charge on any atom is -0.497 e. The summed E-state index contributed by atoms with van der Waals surface area (Å²) >= 11 is 0. The first-order chi connectivity index (χ1) is 15.1. The first kappa shape index (κ1) is 21.6. The van der Waals surface area contributed by atoms with Crippen LogP contribution in [0, 0.1) is 0 Å². The Bertz CT molecular complexity index is 1060. The molecule has 0 spiro atoms. The van der Waals surface area contributed by atoms with Gasteiger partial charge in [0, 0.05) is 23.0 Å². The van der Waals surface area contributed by atoms with Crippen molar-refractivity contribution in [1.29, 1.82) is 0 Å². The molecule has 0 atom stereocenters. The van der Waals surface area contributed by atoms with E-state index in [1.165, 1.54) is 6.08 Å². The van der Waals surface area contributed by atoms with E-state index in [-0.39, 0.29) is 11.8 Å². The summed E-state index contributed by atoms with van der Waals surface area (Å²) in [4.78, 5) is 24.6. The maximum atomic E-state index is 12.4. The number of hydrogen-bond acceptors (Lipinski definition) is 4. The maximum absolute atomic E-state index is 12.4. The minimum atomic E-state index is -0.269. The van der Waals surface area contributed by atoms with Gasteiger partial charge in [0.05, 0.1) is 13.7 Å². The van der Waals surface area contributed by atoms with E-state index in [2.05, 4.69) is 10.6 Å². The standard InChI is InChI=1S/C25H24N2O4/c1-3-31-22-14-12-21(13-15-22)27-25(29)19-8-10-20(11-9-19)26-24(28)16-7-18-5-4-6-23(17-18)30-2/h4-17H,3H2,1-2H3,(H,26,28)(H,27,29)/b16-7+. The van der Waals surface area contributed by atoms with E-state index in [0.29, 0.717) is 23.5 Å². The van der Waals surface area contributed by atoms with Crippen LogP contribution in [0.4, 0.5) is 11.4 Å². The van der Waals surface area contributed by atoms with Crippen molar-refractivity contribution in [3.63, 3.8) is 0 Å². The average Bonchev–Trinajstić information content (AvgIpc) is 2.80. The van der Waals surface area contributed by atoms with E-state index in [9.17, 15) is 9.59 Å². The third-order valence-electron chi connectivity index (χ3n) is 4.36. The van der Waals surface area contributed by atoms with Gasteiger partial charge < -0.3 is 20.1 Å². The molecule has 0 saturated heterocycles. The van der Waals surface area contributed by atoms with Gasteiger partial charge in [-0.1, -0.05) is 12.1 Å². The largest absolute Gasteiger partial charge is 0.497 e. The number of methoxy groups -OCH3 is 1. The van der Waals surface area contributed by atoms with Crippen LogP contribution in [0.2, 0.25) is 0 Å². The van der Waals surface area contributed by atoms with Gasteiger partial charge in [-0.3, -0.25) is 9.59 Å². The number of carbonyl (C=O) groups excluding carboxylic acids is 2. The van der Waals surface area contributed by atoms with Gasteiger partial charge in [-0.05, 0) is 79.2 Å². The fraction of sp³-hybridized carbons (Fsp3) is 0.120. The summed E-state index contributed by atoms with van der Waals surface area (Å²) in [6.07, 6.45) is 3.15. The first-order valence-electron chi connectivity index (χ1n) is 9.85. The van der Waals surface area contributed by atoms with Crippen molar-refractivity contribution >= 4 is 29.3 Å². The molecule has 0 radical (unpaired) electrons. The lowest BCUT2D eigenvalue weighted by Gasteiger charge is -2.08. The van der Waals surface area contributed by atoms with Gasteiger partial charge in [-0.15, -0.1) is 0 Å².